The van der Waals surface area contributed by atoms with Crippen molar-refractivity contribution in [3.63, 3.8) is 0 Å². The third-order valence-corrected chi connectivity index (χ3v) is 5.52. The number of sulfonamides is 1. The maximum absolute atomic E-state index is 12.3. The Balaban J connectivity index is 1.78. The summed E-state index contributed by atoms with van der Waals surface area (Å²) in [6.07, 6.45) is 1.44. The fourth-order valence-corrected chi connectivity index (χ4v) is 3.89. The van der Waals surface area contributed by atoms with Crippen LogP contribution >= 0.6 is 0 Å². The smallest absolute Gasteiger partial charge is 0.292 e. The molecule has 1 amide bonds. The molecule has 0 unspecified atom stereocenters. The van der Waals surface area contributed by atoms with E-state index in [-0.39, 0.29) is 10.5 Å². The molecule has 0 bridgehead atoms. The lowest BCUT2D eigenvalue weighted by Gasteiger charge is -2.20. The van der Waals surface area contributed by atoms with E-state index >= 15 is 0 Å². The van der Waals surface area contributed by atoms with Crippen molar-refractivity contribution in [3.05, 3.63) is 70.9 Å². The van der Waals surface area contributed by atoms with Crippen LogP contribution in [0.4, 0.5) is 0 Å². The number of nitrogens with one attached hydrogen (secondary N) is 2. The highest BCUT2D eigenvalue weighted by atomic mass is 32.2. The highest BCUT2D eigenvalue weighted by molar-refractivity contribution is 7.89. The molecule has 0 spiro atoms. The number of carbonyl (C=O) groups excluding carboxylic acids is 1. The molecule has 1 heterocycles. The second-order valence-electron chi connectivity index (χ2n) is 6.35. The maximum atomic E-state index is 12.3. The lowest BCUT2D eigenvalue weighted by atomic mass is 10.0. The van der Waals surface area contributed by atoms with Gasteiger partial charge in [0.05, 0.1) is 11.1 Å². The Labute approximate surface area is 157 Å². The number of aliphatic hydroxyl groups is 1. The van der Waals surface area contributed by atoms with E-state index in [0.29, 0.717) is 5.92 Å². The summed E-state index contributed by atoms with van der Waals surface area (Å²) in [5.74, 6) is -0.900. The van der Waals surface area contributed by atoms with Crippen LogP contribution in [0.2, 0.25) is 0 Å². The van der Waals surface area contributed by atoms with Gasteiger partial charge in [0, 0.05) is 5.56 Å². The minimum atomic E-state index is -3.94. The Morgan fingerprint density at radius 3 is 2.48 bits per heavy atom. The zero-order chi connectivity index (χ0) is 19.6. The fraction of sp³-hybridized carbons (Fsp3) is 0.158. The van der Waals surface area contributed by atoms with Crippen molar-refractivity contribution in [1.29, 1.82) is 0 Å². The van der Waals surface area contributed by atoms with Crippen LogP contribution < -0.4 is 10.1 Å². The van der Waals surface area contributed by atoms with E-state index in [1.807, 2.05) is 24.3 Å². The molecule has 1 aliphatic heterocycles. The molecular formula is C19H19N3O4S. The molecule has 1 aliphatic rings. The zero-order valence-corrected chi connectivity index (χ0v) is 15.6. The SMILES string of the molecule is CC(C)c1ccc(/C=N/NC(=O)C2=C(O)c3ccccc3S(=O)(=O)N2)cc1. The molecule has 3 N–H and O–H groups in total. The molecule has 0 fully saturated rings. The molecule has 0 aliphatic carbocycles. The summed E-state index contributed by atoms with van der Waals surface area (Å²) in [4.78, 5) is 12.2. The second kappa shape index (κ2) is 7.24. The van der Waals surface area contributed by atoms with Gasteiger partial charge < -0.3 is 5.11 Å². The summed E-state index contributed by atoms with van der Waals surface area (Å²) in [7, 11) is -3.94. The van der Waals surface area contributed by atoms with Gasteiger partial charge in [0.25, 0.3) is 15.9 Å². The molecule has 2 aromatic rings. The molecule has 2 aromatic carbocycles. The van der Waals surface area contributed by atoms with Crippen LogP contribution in [0, 0.1) is 0 Å². The molecule has 7 nitrogen and oxygen atoms in total. The molecule has 0 radical (unpaired) electrons. The standard InChI is InChI=1S/C19H19N3O4S/c1-12(2)14-9-7-13(8-10-14)11-20-21-19(24)17-18(23)15-5-3-4-6-16(15)27(25,26)22-17/h3-12,22-23H,1-2H3,(H,21,24)/b20-11+. The van der Waals surface area contributed by atoms with Crippen molar-refractivity contribution in [1.82, 2.24) is 10.1 Å². The summed E-state index contributed by atoms with van der Waals surface area (Å²) >= 11 is 0. The first-order chi connectivity index (χ1) is 12.8. The summed E-state index contributed by atoms with van der Waals surface area (Å²) < 4.78 is 26.6. The number of amides is 1. The normalized spacial score (nSPS) is 15.5. The van der Waals surface area contributed by atoms with Crippen LogP contribution in [0.15, 0.2) is 64.2 Å². The van der Waals surface area contributed by atoms with Gasteiger partial charge in [-0.3, -0.25) is 9.52 Å². The van der Waals surface area contributed by atoms with Crippen molar-refractivity contribution in [2.75, 3.05) is 0 Å². The van der Waals surface area contributed by atoms with Crippen molar-refractivity contribution >= 4 is 27.9 Å². The number of hydrogen-bond donors (Lipinski definition) is 3. The molecule has 0 saturated carbocycles. The van der Waals surface area contributed by atoms with Crippen LogP contribution in [-0.4, -0.2) is 25.6 Å². The van der Waals surface area contributed by atoms with Crippen LogP contribution in [-0.2, 0) is 14.8 Å². The van der Waals surface area contributed by atoms with Gasteiger partial charge >= 0.3 is 0 Å². The van der Waals surface area contributed by atoms with Gasteiger partial charge in [-0.2, -0.15) is 5.10 Å². The Kier molecular flexibility index (Phi) is 5.00. The van der Waals surface area contributed by atoms with Gasteiger partial charge in [0.15, 0.2) is 11.5 Å². The molecule has 27 heavy (non-hydrogen) atoms. The van der Waals surface area contributed by atoms with Crippen LogP contribution in [0.25, 0.3) is 5.76 Å². The van der Waals surface area contributed by atoms with E-state index in [9.17, 15) is 18.3 Å². The number of fused-ring (bicyclic) bond motifs is 1. The summed E-state index contributed by atoms with van der Waals surface area (Å²) in [6.45, 7) is 4.18. The fourth-order valence-electron chi connectivity index (χ4n) is 2.61. The third kappa shape index (κ3) is 3.85. The predicted molar refractivity (Wildman–Crippen MR) is 103 cm³/mol. The van der Waals surface area contributed by atoms with E-state index in [2.05, 4.69) is 29.1 Å². The first-order valence-corrected chi connectivity index (χ1v) is 9.77. The molecular weight excluding hydrogens is 366 g/mol. The number of aliphatic hydroxyl groups excluding tert-OH is 1. The van der Waals surface area contributed by atoms with Gasteiger partial charge in [0.2, 0.25) is 0 Å². The number of hydrogen-bond acceptors (Lipinski definition) is 5. The van der Waals surface area contributed by atoms with Gasteiger partial charge in [-0.15, -0.1) is 0 Å². The zero-order valence-electron chi connectivity index (χ0n) is 14.8. The average molecular weight is 385 g/mol. The topological polar surface area (TPSA) is 108 Å². The number of nitrogens with zero attached hydrogens (tertiary/aromatic N) is 1. The van der Waals surface area contributed by atoms with Crippen LogP contribution in [0.1, 0.15) is 36.5 Å². The minimum Gasteiger partial charge on any atom is -0.505 e. The number of rotatable bonds is 4. The first kappa shape index (κ1) is 18.7. The Bertz CT molecular complexity index is 1040. The Morgan fingerprint density at radius 2 is 1.81 bits per heavy atom. The highest BCUT2D eigenvalue weighted by Crippen LogP contribution is 2.28. The monoisotopic (exact) mass is 385 g/mol. The molecule has 3 rings (SSSR count). The number of benzene rings is 2. The van der Waals surface area contributed by atoms with Crippen molar-refractivity contribution in [2.24, 2.45) is 5.10 Å². The quantitative estimate of drug-likeness (QED) is 0.555. The Hall–Kier alpha value is -3.13. The summed E-state index contributed by atoms with van der Waals surface area (Å²) in [5, 5.41) is 14.1. The van der Waals surface area contributed by atoms with E-state index in [1.165, 1.54) is 30.0 Å². The first-order valence-electron chi connectivity index (χ1n) is 8.28. The molecule has 0 saturated heterocycles. The third-order valence-electron chi connectivity index (χ3n) is 4.11. The number of hydrazone groups is 1. The Morgan fingerprint density at radius 1 is 1.15 bits per heavy atom. The lowest BCUT2D eigenvalue weighted by molar-refractivity contribution is -0.117. The largest absolute Gasteiger partial charge is 0.505 e. The predicted octanol–water partition coefficient (Wildman–Crippen LogP) is 2.48. The van der Waals surface area contributed by atoms with Crippen LogP contribution in [0.3, 0.4) is 0 Å². The molecule has 0 aromatic heterocycles. The highest BCUT2D eigenvalue weighted by Gasteiger charge is 2.32. The summed E-state index contributed by atoms with van der Waals surface area (Å²) in [5.41, 5.74) is 3.77. The number of carbonyl (C=O) groups is 1. The van der Waals surface area contributed by atoms with E-state index in [0.717, 1.165) is 5.56 Å². The molecule has 0 atom stereocenters. The molecule has 140 valence electrons. The van der Waals surface area contributed by atoms with Gasteiger partial charge in [-0.25, -0.2) is 13.8 Å². The summed E-state index contributed by atoms with van der Waals surface area (Å²) in [6, 6.07) is 13.5. The van der Waals surface area contributed by atoms with Gasteiger partial charge in [-0.1, -0.05) is 50.2 Å². The maximum Gasteiger partial charge on any atom is 0.292 e. The van der Waals surface area contributed by atoms with Crippen molar-refractivity contribution in [3.8, 4) is 0 Å². The minimum absolute atomic E-state index is 0.0645. The van der Waals surface area contributed by atoms with E-state index < -0.39 is 27.4 Å². The van der Waals surface area contributed by atoms with Gasteiger partial charge in [0.1, 0.15) is 0 Å². The van der Waals surface area contributed by atoms with Gasteiger partial charge in [-0.05, 0) is 29.2 Å². The van der Waals surface area contributed by atoms with Crippen LogP contribution in [0.5, 0.6) is 0 Å². The van der Waals surface area contributed by atoms with E-state index in [1.54, 1.807) is 6.07 Å². The van der Waals surface area contributed by atoms with Crippen molar-refractivity contribution in [2.45, 2.75) is 24.7 Å². The lowest BCUT2D eigenvalue weighted by Crippen LogP contribution is -2.37. The second-order valence-corrected chi connectivity index (χ2v) is 8.00. The molecule has 8 heteroatoms. The average Bonchev–Trinajstić information content (AvgIpc) is 2.65. The van der Waals surface area contributed by atoms with E-state index in [4.69, 9.17) is 0 Å². The van der Waals surface area contributed by atoms with Crippen molar-refractivity contribution < 1.29 is 18.3 Å².